The van der Waals surface area contributed by atoms with E-state index < -0.39 is 0 Å². The first-order chi connectivity index (χ1) is 10.6. The average Bonchev–Trinajstić information content (AvgIpc) is 2.45. The lowest BCUT2D eigenvalue weighted by Crippen LogP contribution is -2.67. The van der Waals surface area contributed by atoms with E-state index in [9.17, 15) is 4.79 Å². The molecule has 0 bridgehead atoms. The van der Waals surface area contributed by atoms with E-state index in [0.717, 1.165) is 25.0 Å². The van der Waals surface area contributed by atoms with E-state index in [-0.39, 0.29) is 17.6 Å². The fourth-order valence-electron chi connectivity index (χ4n) is 3.17. The molecular formula is C16H23N3O3. The summed E-state index contributed by atoms with van der Waals surface area (Å²) in [4.78, 5) is 22.2. The van der Waals surface area contributed by atoms with E-state index in [1.54, 1.807) is 12.4 Å². The Morgan fingerprint density at radius 3 is 3.05 bits per heavy atom. The van der Waals surface area contributed by atoms with E-state index in [2.05, 4.69) is 9.97 Å². The maximum absolute atomic E-state index is 11.9. The van der Waals surface area contributed by atoms with Gasteiger partial charge in [-0.2, -0.15) is 0 Å². The van der Waals surface area contributed by atoms with Crippen molar-refractivity contribution >= 4 is 5.91 Å². The van der Waals surface area contributed by atoms with Crippen molar-refractivity contribution in [2.45, 2.75) is 51.2 Å². The number of aromatic nitrogens is 2. The lowest BCUT2D eigenvalue weighted by atomic mass is 9.84. The van der Waals surface area contributed by atoms with Crippen LogP contribution in [-0.4, -0.2) is 52.2 Å². The minimum absolute atomic E-state index is 0.0771. The lowest BCUT2D eigenvalue weighted by Gasteiger charge is -2.52. The summed E-state index contributed by atoms with van der Waals surface area (Å²) in [6.45, 7) is 5.96. The van der Waals surface area contributed by atoms with Crippen LogP contribution in [0.15, 0.2) is 12.4 Å². The molecule has 0 N–H and O–H groups in total. The van der Waals surface area contributed by atoms with Gasteiger partial charge in [0.05, 0.1) is 31.6 Å². The molecule has 0 unspecified atom stereocenters. The number of carbonyl (C=O) groups is 1. The zero-order chi connectivity index (χ0) is 15.6. The highest BCUT2D eigenvalue weighted by Gasteiger charge is 2.49. The van der Waals surface area contributed by atoms with Crippen molar-refractivity contribution in [3.05, 3.63) is 18.1 Å². The van der Waals surface area contributed by atoms with Crippen LogP contribution in [0.2, 0.25) is 0 Å². The second-order valence-corrected chi connectivity index (χ2v) is 6.26. The molecule has 1 aromatic heterocycles. The lowest BCUT2D eigenvalue weighted by molar-refractivity contribution is -0.193. The van der Waals surface area contributed by atoms with Crippen molar-refractivity contribution in [1.29, 1.82) is 0 Å². The molecule has 6 nitrogen and oxygen atoms in total. The van der Waals surface area contributed by atoms with Crippen molar-refractivity contribution in [2.75, 3.05) is 19.7 Å². The van der Waals surface area contributed by atoms with Gasteiger partial charge >= 0.3 is 0 Å². The van der Waals surface area contributed by atoms with E-state index in [1.165, 1.54) is 0 Å². The van der Waals surface area contributed by atoms with Gasteiger partial charge in [0.15, 0.2) is 0 Å². The summed E-state index contributed by atoms with van der Waals surface area (Å²) in [5.41, 5.74) is 0.628. The van der Waals surface area contributed by atoms with Crippen molar-refractivity contribution in [2.24, 2.45) is 0 Å². The molecule has 1 amide bonds. The van der Waals surface area contributed by atoms with Gasteiger partial charge in [0, 0.05) is 25.5 Å². The molecule has 0 aliphatic carbocycles. The SMILES string of the molecule is CCCC(=O)N1CC2(C[C@@H](Oc3cncc(C)n3)CCO2)C1. The van der Waals surface area contributed by atoms with Crippen molar-refractivity contribution in [3.8, 4) is 5.88 Å². The number of hydrogen-bond donors (Lipinski definition) is 0. The topological polar surface area (TPSA) is 64.6 Å². The van der Waals surface area contributed by atoms with Crippen LogP contribution in [0.25, 0.3) is 0 Å². The predicted molar refractivity (Wildman–Crippen MR) is 80.6 cm³/mol. The Balaban J connectivity index is 1.56. The quantitative estimate of drug-likeness (QED) is 0.847. The van der Waals surface area contributed by atoms with Crippen LogP contribution in [0.3, 0.4) is 0 Å². The van der Waals surface area contributed by atoms with E-state index in [1.807, 2.05) is 18.7 Å². The van der Waals surface area contributed by atoms with Crippen molar-refractivity contribution in [1.82, 2.24) is 14.9 Å². The standard InChI is InChI=1S/C16H23N3O3/c1-3-4-15(20)19-10-16(11-19)7-13(5-6-21-16)22-14-9-17-8-12(2)18-14/h8-9,13H,3-7,10-11H2,1-2H3/t13-/m0/s1. The second kappa shape index (κ2) is 6.20. The molecule has 120 valence electrons. The number of hydrogen-bond acceptors (Lipinski definition) is 5. The smallest absolute Gasteiger partial charge is 0.232 e. The summed E-state index contributed by atoms with van der Waals surface area (Å²) < 4.78 is 11.9. The first-order valence-corrected chi connectivity index (χ1v) is 7.97. The number of carbonyl (C=O) groups excluding carboxylic acids is 1. The zero-order valence-corrected chi connectivity index (χ0v) is 13.2. The van der Waals surface area contributed by atoms with Crippen molar-refractivity contribution in [3.63, 3.8) is 0 Å². The van der Waals surface area contributed by atoms with Crippen molar-refractivity contribution < 1.29 is 14.3 Å². The predicted octanol–water partition coefficient (Wildman–Crippen LogP) is 1.72. The Hall–Kier alpha value is -1.69. The van der Waals surface area contributed by atoms with Crippen LogP contribution < -0.4 is 4.74 Å². The van der Waals surface area contributed by atoms with Gasteiger partial charge < -0.3 is 14.4 Å². The molecule has 3 heterocycles. The van der Waals surface area contributed by atoms with E-state index >= 15 is 0 Å². The first-order valence-electron chi connectivity index (χ1n) is 7.97. The minimum Gasteiger partial charge on any atom is -0.473 e. The highest BCUT2D eigenvalue weighted by molar-refractivity contribution is 5.77. The van der Waals surface area contributed by atoms with Crippen LogP contribution in [-0.2, 0) is 9.53 Å². The molecule has 6 heteroatoms. The fraction of sp³-hybridized carbons (Fsp3) is 0.688. The largest absolute Gasteiger partial charge is 0.473 e. The Labute approximate surface area is 130 Å². The van der Waals surface area contributed by atoms with Crippen LogP contribution in [0.1, 0.15) is 38.3 Å². The molecule has 1 atom stereocenters. The Kier molecular flexibility index (Phi) is 4.29. The molecule has 1 aromatic rings. The maximum atomic E-state index is 11.9. The third-order valence-electron chi connectivity index (χ3n) is 4.24. The highest BCUT2D eigenvalue weighted by Crippen LogP contribution is 2.35. The fourth-order valence-corrected chi connectivity index (χ4v) is 3.17. The Bertz CT molecular complexity index is 543. The second-order valence-electron chi connectivity index (χ2n) is 6.26. The summed E-state index contributed by atoms with van der Waals surface area (Å²) in [6, 6.07) is 0. The third kappa shape index (κ3) is 3.21. The summed E-state index contributed by atoms with van der Waals surface area (Å²) in [5, 5.41) is 0. The number of likely N-dealkylation sites (tertiary alicyclic amines) is 1. The molecule has 2 fully saturated rings. The molecule has 2 aliphatic rings. The van der Waals surface area contributed by atoms with Crippen LogP contribution in [0.5, 0.6) is 5.88 Å². The van der Waals surface area contributed by atoms with Gasteiger partial charge in [0.25, 0.3) is 0 Å². The average molecular weight is 305 g/mol. The molecule has 0 aromatic carbocycles. The third-order valence-corrected chi connectivity index (χ3v) is 4.24. The molecule has 3 rings (SSSR count). The summed E-state index contributed by atoms with van der Waals surface area (Å²) in [6.07, 6.45) is 6.59. The molecule has 2 saturated heterocycles. The van der Waals surface area contributed by atoms with E-state index in [0.29, 0.717) is 32.0 Å². The molecule has 0 radical (unpaired) electrons. The molecular weight excluding hydrogens is 282 g/mol. The number of rotatable bonds is 4. The van der Waals surface area contributed by atoms with Crippen LogP contribution in [0, 0.1) is 6.92 Å². The van der Waals surface area contributed by atoms with Crippen LogP contribution >= 0.6 is 0 Å². The summed E-state index contributed by atoms with van der Waals surface area (Å²) in [5.74, 6) is 0.796. The maximum Gasteiger partial charge on any atom is 0.232 e. The van der Waals surface area contributed by atoms with Gasteiger partial charge in [-0.15, -0.1) is 0 Å². The van der Waals surface area contributed by atoms with Gasteiger partial charge in [-0.3, -0.25) is 9.78 Å². The highest BCUT2D eigenvalue weighted by atomic mass is 16.5. The zero-order valence-electron chi connectivity index (χ0n) is 13.2. The minimum atomic E-state index is -0.219. The molecule has 0 saturated carbocycles. The Morgan fingerprint density at radius 2 is 2.32 bits per heavy atom. The monoisotopic (exact) mass is 305 g/mol. The Morgan fingerprint density at radius 1 is 1.50 bits per heavy atom. The number of nitrogens with zero attached hydrogens (tertiary/aromatic N) is 3. The normalized spacial score (nSPS) is 23.2. The number of aryl methyl sites for hydroxylation is 1. The van der Waals surface area contributed by atoms with Gasteiger partial charge in [-0.1, -0.05) is 6.92 Å². The van der Waals surface area contributed by atoms with Crippen LogP contribution in [0.4, 0.5) is 0 Å². The summed E-state index contributed by atoms with van der Waals surface area (Å²) >= 11 is 0. The van der Waals surface area contributed by atoms with Gasteiger partial charge in [0.2, 0.25) is 11.8 Å². The summed E-state index contributed by atoms with van der Waals surface area (Å²) in [7, 11) is 0. The van der Waals surface area contributed by atoms with Gasteiger partial charge in [-0.25, -0.2) is 4.98 Å². The molecule has 22 heavy (non-hydrogen) atoms. The number of amides is 1. The molecule has 2 aliphatic heterocycles. The number of ether oxygens (including phenoxy) is 2. The molecule has 1 spiro atoms. The first kappa shape index (κ1) is 15.2. The van der Waals surface area contributed by atoms with Gasteiger partial charge in [-0.05, 0) is 13.3 Å². The van der Waals surface area contributed by atoms with Gasteiger partial charge in [0.1, 0.15) is 11.7 Å². The van der Waals surface area contributed by atoms with E-state index in [4.69, 9.17) is 9.47 Å².